The number of carboxylic acid groups (broad SMARTS) is 1. The molecule has 7 N–H and O–H groups in total. The number of aromatic amines is 1. The molecule has 0 bridgehead atoms. The van der Waals surface area contributed by atoms with Crippen LogP contribution in [0.2, 0.25) is 0 Å². The highest BCUT2D eigenvalue weighted by atomic mass is 16.4. The fourth-order valence-electron chi connectivity index (χ4n) is 2.09. The Balaban J connectivity index is 2.26. The van der Waals surface area contributed by atoms with Crippen molar-refractivity contribution in [1.29, 1.82) is 0 Å². The lowest BCUT2D eigenvalue weighted by Gasteiger charge is -2.23. The molecule has 130 valence electrons. The molecule has 0 saturated carbocycles. The molecule has 0 saturated heterocycles. The Kier molecular flexibility index (Phi) is 5.11. The maximum atomic E-state index is 12.3. The van der Waals surface area contributed by atoms with Gasteiger partial charge >= 0.3 is 5.97 Å². The van der Waals surface area contributed by atoms with Crippen LogP contribution in [0.1, 0.15) is 0 Å². The van der Waals surface area contributed by atoms with E-state index in [1.165, 1.54) is 10.9 Å². The predicted molar refractivity (Wildman–Crippen MR) is 81.8 cm³/mol. The highest BCUT2D eigenvalue weighted by Gasteiger charge is 2.21. The zero-order valence-corrected chi connectivity index (χ0v) is 12.5. The number of aliphatic hydroxyl groups excluding tert-OH is 1. The zero-order chi connectivity index (χ0) is 17.9. The van der Waals surface area contributed by atoms with Crippen LogP contribution in [-0.4, -0.2) is 72.2 Å². The first kappa shape index (κ1) is 17.4. The van der Waals surface area contributed by atoms with Gasteiger partial charge in [0, 0.05) is 12.6 Å². The fraction of sp³-hybridized carbons (Fsp3) is 0.417. The van der Waals surface area contributed by atoms with Crippen molar-refractivity contribution in [2.24, 2.45) is 5.73 Å². The van der Waals surface area contributed by atoms with Gasteiger partial charge in [0.2, 0.25) is 11.9 Å². The van der Waals surface area contributed by atoms with Crippen molar-refractivity contribution in [3.05, 3.63) is 16.7 Å². The predicted octanol–water partition coefficient (Wildman–Crippen LogP) is -3.07. The number of anilines is 1. The van der Waals surface area contributed by atoms with Gasteiger partial charge < -0.3 is 31.1 Å². The minimum atomic E-state index is -1.22. The number of nitrogens with zero attached hydrogens (tertiary/aromatic N) is 4. The summed E-state index contributed by atoms with van der Waals surface area (Å²) < 4.78 is 1.28. The van der Waals surface area contributed by atoms with Crippen molar-refractivity contribution in [2.45, 2.75) is 12.6 Å². The third-order valence-corrected chi connectivity index (χ3v) is 3.17. The van der Waals surface area contributed by atoms with E-state index in [9.17, 15) is 14.4 Å². The average molecular weight is 339 g/mol. The van der Waals surface area contributed by atoms with E-state index in [2.05, 4.69) is 15.0 Å². The second-order valence-electron chi connectivity index (χ2n) is 5.11. The van der Waals surface area contributed by atoms with Crippen molar-refractivity contribution in [3.8, 4) is 0 Å². The van der Waals surface area contributed by atoms with Crippen LogP contribution in [0.3, 0.4) is 0 Å². The van der Waals surface area contributed by atoms with Crippen molar-refractivity contribution in [3.63, 3.8) is 0 Å². The summed E-state index contributed by atoms with van der Waals surface area (Å²) in [6.45, 7) is -1.41. The number of carboxylic acids is 1. The van der Waals surface area contributed by atoms with Gasteiger partial charge in [-0.1, -0.05) is 0 Å². The Hall–Kier alpha value is -2.99. The highest BCUT2D eigenvalue weighted by molar-refractivity contribution is 5.82. The number of H-pyrrole nitrogens is 1. The van der Waals surface area contributed by atoms with Gasteiger partial charge in [0.1, 0.15) is 13.1 Å². The number of carbonyl (C=O) groups is 2. The first-order valence-electron chi connectivity index (χ1n) is 6.88. The van der Waals surface area contributed by atoms with E-state index < -0.39 is 36.6 Å². The molecule has 0 spiro atoms. The topological polar surface area (TPSA) is 193 Å². The smallest absolute Gasteiger partial charge is 0.323 e. The maximum absolute atomic E-state index is 12.3. The minimum absolute atomic E-state index is 0.00819. The van der Waals surface area contributed by atoms with E-state index in [0.717, 1.165) is 4.90 Å². The number of imidazole rings is 1. The van der Waals surface area contributed by atoms with Gasteiger partial charge in [-0.15, -0.1) is 0 Å². The lowest BCUT2D eigenvalue weighted by Crippen LogP contribution is -2.46. The lowest BCUT2D eigenvalue weighted by molar-refractivity contribution is -0.145. The Morgan fingerprint density at radius 2 is 2.17 bits per heavy atom. The fourth-order valence-corrected chi connectivity index (χ4v) is 2.09. The number of aliphatic hydroxyl groups is 1. The Bertz CT molecular complexity index is 814. The quantitative estimate of drug-likeness (QED) is 0.348. The van der Waals surface area contributed by atoms with Crippen LogP contribution in [0.15, 0.2) is 11.1 Å². The van der Waals surface area contributed by atoms with Crippen molar-refractivity contribution < 1.29 is 19.8 Å². The van der Waals surface area contributed by atoms with Gasteiger partial charge in [0.25, 0.3) is 5.56 Å². The second-order valence-corrected chi connectivity index (χ2v) is 5.11. The third kappa shape index (κ3) is 3.85. The summed E-state index contributed by atoms with van der Waals surface area (Å²) in [5.74, 6) is -1.93. The van der Waals surface area contributed by atoms with Gasteiger partial charge in [-0.2, -0.15) is 4.98 Å². The molecule has 12 nitrogen and oxygen atoms in total. The first-order chi connectivity index (χ1) is 11.3. The molecular formula is C12H17N7O5. The highest BCUT2D eigenvalue weighted by Crippen LogP contribution is 2.07. The zero-order valence-electron chi connectivity index (χ0n) is 12.5. The van der Waals surface area contributed by atoms with Gasteiger partial charge in [0.05, 0.1) is 12.9 Å². The summed E-state index contributed by atoms with van der Waals surface area (Å²) >= 11 is 0. The van der Waals surface area contributed by atoms with Crippen LogP contribution in [0, 0.1) is 0 Å². The van der Waals surface area contributed by atoms with Gasteiger partial charge in [-0.3, -0.25) is 19.4 Å². The Morgan fingerprint density at radius 3 is 2.79 bits per heavy atom. The number of amides is 1. The second kappa shape index (κ2) is 7.06. The lowest BCUT2D eigenvalue weighted by atomic mass is 10.3. The molecule has 0 fully saturated rings. The van der Waals surface area contributed by atoms with E-state index in [-0.39, 0.29) is 30.2 Å². The summed E-state index contributed by atoms with van der Waals surface area (Å²) in [7, 11) is 0. The first-order valence-corrected chi connectivity index (χ1v) is 6.88. The Morgan fingerprint density at radius 1 is 1.46 bits per heavy atom. The number of nitrogens with two attached hydrogens (primary N) is 2. The van der Waals surface area contributed by atoms with Crippen molar-refractivity contribution in [1.82, 2.24) is 24.4 Å². The summed E-state index contributed by atoms with van der Waals surface area (Å²) in [4.78, 5) is 46.0. The number of hydrogen-bond donors (Lipinski definition) is 5. The molecule has 0 radical (unpaired) electrons. The molecule has 2 heterocycles. The average Bonchev–Trinajstić information content (AvgIpc) is 2.89. The van der Waals surface area contributed by atoms with Crippen LogP contribution in [-0.2, 0) is 16.1 Å². The molecule has 1 atom stereocenters. The number of nitrogen functional groups attached to an aromatic ring is 1. The standard InChI is InChI=1S/C12H17N7O5/c13-6(4-20)1-18(3-8(22)23)7(21)2-19-5-15-9-10(19)16-12(14)17-11(9)24/h5-6,20H,1-4,13H2,(H,22,23)(H3,14,16,17,24). The molecule has 1 amide bonds. The van der Waals surface area contributed by atoms with E-state index in [0.29, 0.717) is 0 Å². The van der Waals surface area contributed by atoms with Crippen LogP contribution in [0.25, 0.3) is 11.2 Å². The van der Waals surface area contributed by atoms with Gasteiger partial charge in [-0.25, -0.2) is 4.98 Å². The number of aliphatic carboxylic acids is 1. The summed E-state index contributed by atoms with van der Waals surface area (Å²) in [5.41, 5.74) is 10.6. The van der Waals surface area contributed by atoms with Crippen molar-refractivity contribution in [2.75, 3.05) is 25.4 Å². The molecule has 24 heavy (non-hydrogen) atoms. The van der Waals surface area contributed by atoms with Gasteiger partial charge in [-0.05, 0) is 0 Å². The van der Waals surface area contributed by atoms with E-state index in [1.807, 2.05) is 0 Å². The molecule has 0 aromatic carbocycles. The normalized spacial score (nSPS) is 12.2. The largest absolute Gasteiger partial charge is 0.480 e. The molecular weight excluding hydrogens is 322 g/mol. The van der Waals surface area contributed by atoms with Crippen LogP contribution >= 0.6 is 0 Å². The molecule has 1 unspecified atom stereocenters. The molecule has 2 aromatic rings. The molecule has 0 aliphatic heterocycles. The summed E-state index contributed by atoms with van der Waals surface area (Å²) in [6, 6.07) is -0.774. The Labute approximate surface area is 134 Å². The van der Waals surface area contributed by atoms with Crippen LogP contribution < -0.4 is 17.0 Å². The monoisotopic (exact) mass is 339 g/mol. The maximum Gasteiger partial charge on any atom is 0.323 e. The number of carbonyl (C=O) groups excluding carboxylic acids is 1. The minimum Gasteiger partial charge on any atom is -0.480 e. The molecule has 2 aromatic heterocycles. The van der Waals surface area contributed by atoms with Gasteiger partial charge in [0.15, 0.2) is 11.2 Å². The van der Waals surface area contributed by atoms with E-state index in [4.69, 9.17) is 21.7 Å². The third-order valence-electron chi connectivity index (χ3n) is 3.17. The molecule has 2 rings (SSSR count). The number of aromatic nitrogens is 4. The number of nitrogens with one attached hydrogen (secondary N) is 1. The SMILES string of the molecule is Nc1nc2c(ncn2CC(=O)N(CC(=O)O)CC(N)CO)c(=O)[nH]1. The summed E-state index contributed by atoms with van der Waals surface area (Å²) in [5, 5.41) is 17.9. The summed E-state index contributed by atoms with van der Waals surface area (Å²) in [6.07, 6.45) is 1.23. The van der Waals surface area contributed by atoms with E-state index >= 15 is 0 Å². The van der Waals surface area contributed by atoms with E-state index in [1.54, 1.807) is 0 Å². The van der Waals surface area contributed by atoms with Crippen LogP contribution in [0.4, 0.5) is 5.95 Å². The number of rotatable bonds is 7. The number of hydrogen-bond acceptors (Lipinski definition) is 8. The van der Waals surface area contributed by atoms with Crippen LogP contribution in [0.5, 0.6) is 0 Å². The van der Waals surface area contributed by atoms with Crippen molar-refractivity contribution >= 4 is 29.0 Å². The number of fused-ring (bicyclic) bond motifs is 1. The molecule has 0 aliphatic rings. The molecule has 12 heteroatoms. The molecule has 0 aliphatic carbocycles.